The highest BCUT2D eigenvalue weighted by Gasteiger charge is 2.18. The first-order valence-electron chi connectivity index (χ1n) is 4.68. The smallest absolute Gasteiger partial charge is 0.337 e. The molecule has 1 aromatic rings. The van der Waals surface area contributed by atoms with E-state index in [0.717, 1.165) is 12.1 Å². The molecule has 0 aromatic heterocycles. The van der Waals surface area contributed by atoms with E-state index >= 15 is 0 Å². The van der Waals surface area contributed by atoms with Gasteiger partial charge in [0.1, 0.15) is 0 Å². The van der Waals surface area contributed by atoms with E-state index in [1.807, 2.05) is 12.1 Å². The Morgan fingerprint density at radius 2 is 2.36 bits per heavy atom. The molecular weight excluding hydrogens is 178 g/mol. The summed E-state index contributed by atoms with van der Waals surface area (Å²) >= 11 is 0. The summed E-state index contributed by atoms with van der Waals surface area (Å²) < 4.78 is 4.66. The Morgan fingerprint density at radius 3 is 3.07 bits per heavy atom. The molecule has 74 valence electrons. The van der Waals surface area contributed by atoms with Crippen LogP contribution in [-0.2, 0) is 11.2 Å². The lowest BCUT2D eigenvalue weighted by atomic mass is 10.1. The molecule has 0 fully saturated rings. The average Bonchev–Trinajstić information content (AvgIpc) is 2.55. The monoisotopic (exact) mass is 191 g/mol. The summed E-state index contributed by atoms with van der Waals surface area (Å²) in [6.45, 7) is 2.12. The summed E-state index contributed by atoms with van der Waals surface area (Å²) in [6, 6.07) is 6.08. The number of benzene rings is 1. The molecule has 1 aromatic carbocycles. The summed E-state index contributed by atoms with van der Waals surface area (Å²) in [5.41, 5.74) is 2.95. The van der Waals surface area contributed by atoms with Gasteiger partial charge >= 0.3 is 5.97 Å². The number of hydrogen-bond acceptors (Lipinski definition) is 3. The molecule has 14 heavy (non-hydrogen) atoms. The van der Waals surface area contributed by atoms with Gasteiger partial charge in [0.05, 0.1) is 12.7 Å². The molecule has 0 spiro atoms. The van der Waals surface area contributed by atoms with Crippen molar-refractivity contribution >= 4 is 11.7 Å². The van der Waals surface area contributed by atoms with Gasteiger partial charge < -0.3 is 10.1 Å². The number of ether oxygens (including phenoxy) is 1. The van der Waals surface area contributed by atoms with Gasteiger partial charge in [-0.05, 0) is 37.1 Å². The third kappa shape index (κ3) is 1.45. The maximum absolute atomic E-state index is 11.3. The molecular formula is C11H13NO2. The van der Waals surface area contributed by atoms with E-state index in [-0.39, 0.29) is 5.97 Å². The van der Waals surface area contributed by atoms with Crippen molar-refractivity contribution in [1.29, 1.82) is 0 Å². The van der Waals surface area contributed by atoms with Gasteiger partial charge in [0.25, 0.3) is 0 Å². The van der Waals surface area contributed by atoms with E-state index in [1.165, 1.54) is 12.7 Å². The first kappa shape index (κ1) is 9.06. The number of rotatable bonds is 1. The first-order valence-corrected chi connectivity index (χ1v) is 4.68. The van der Waals surface area contributed by atoms with Gasteiger partial charge in [-0.2, -0.15) is 0 Å². The van der Waals surface area contributed by atoms with Crippen molar-refractivity contribution in [2.24, 2.45) is 0 Å². The van der Waals surface area contributed by atoms with Crippen molar-refractivity contribution in [2.45, 2.75) is 19.4 Å². The number of fused-ring (bicyclic) bond motifs is 1. The number of esters is 1. The van der Waals surface area contributed by atoms with Gasteiger partial charge in [-0.3, -0.25) is 0 Å². The van der Waals surface area contributed by atoms with Gasteiger partial charge in [-0.15, -0.1) is 0 Å². The quantitative estimate of drug-likeness (QED) is 0.688. The molecule has 0 radical (unpaired) electrons. The van der Waals surface area contributed by atoms with Crippen LogP contribution in [-0.4, -0.2) is 19.1 Å². The van der Waals surface area contributed by atoms with E-state index in [1.54, 1.807) is 6.07 Å². The normalized spacial score (nSPS) is 18.6. The summed E-state index contributed by atoms with van der Waals surface area (Å²) in [5, 5.41) is 3.33. The number of carbonyl (C=O) groups is 1. The lowest BCUT2D eigenvalue weighted by Crippen LogP contribution is -2.08. The highest BCUT2D eigenvalue weighted by Crippen LogP contribution is 2.26. The second-order valence-electron chi connectivity index (χ2n) is 3.61. The predicted molar refractivity (Wildman–Crippen MR) is 54.6 cm³/mol. The third-order valence-corrected chi connectivity index (χ3v) is 2.45. The minimum absolute atomic E-state index is 0.271. The molecule has 1 aliphatic rings. The summed E-state index contributed by atoms with van der Waals surface area (Å²) in [7, 11) is 1.40. The van der Waals surface area contributed by atoms with Crippen LogP contribution in [0.5, 0.6) is 0 Å². The van der Waals surface area contributed by atoms with Crippen LogP contribution in [0, 0.1) is 0 Å². The Kier molecular flexibility index (Phi) is 2.15. The molecule has 0 aliphatic carbocycles. The van der Waals surface area contributed by atoms with Crippen LogP contribution < -0.4 is 5.32 Å². The van der Waals surface area contributed by atoms with Crippen LogP contribution >= 0.6 is 0 Å². The number of hydrogen-bond donors (Lipinski definition) is 1. The number of methoxy groups -OCH3 is 1. The lowest BCUT2D eigenvalue weighted by molar-refractivity contribution is 0.0600. The van der Waals surface area contributed by atoms with Crippen LogP contribution in [0.25, 0.3) is 0 Å². The molecule has 3 nitrogen and oxygen atoms in total. The van der Waals surface area contributed by atoms with E-state index in [2.05, 4.69) is 17.0 Å². The SMILES string of the molecule is COC(=O)c1ccc2c(c1)C[C@@H](C)N2. The molecule has 1 atom stereocenters. The fraction of sp³-hybridized carbons (Fsp3) is 0.364. The van der Waals surface area contributed by atoms with Crippen LogP contribution in [0.2, 0.25) is 0 Å². The fourth-order valence-electron chi connectivity index (χ4n) is 1.79. The Morgan fingerprint density at radius 1 is 1.57 bits per heavy atom. The van der Waals surface area contributed by atoms with E-state index in [0.29, 0.717) is 11.6 Å². The van der Waals surface area contributed by atoms with E-state index < -0.39 is 0 Å². The lowest BCUT2D eigenvalue weighted by Gasteiger charge is -2.03. The molecule has 0 unspecified atom stereocenters. The van der Waals surface area contributed by atoms with Gasteiger partial charge in [-0.25, -0.2) is 4.79 Å². The van der Waals surface area contributed by atoms with Crippen molar-refractivity contribution in [2.75, 3.05) is 12.4 Å². The summed E-state index contributed by atoms with van der Waals surface area (Å²) in [5.74, 6) is -0.271. The number of anilines is 1. The second kappa shape index (κ2) is 3.33. The molecule has 0 bridgehead atoms. The molecule has 1 heterocycles. The molecule has 3 heteroatoms. The van der Waals surface area contributed by atoms with Crippen LogP contribution in [0.1, 0.15) is 22.8 Å². The van der Waals surface area contributed by atoms with E-state index in [4.69, 9.17) is 0 Å². The minimum Gasteiger partial charge on any atom is -0.465 e. The van der Waals surface area contributed by atoms with Crippen LogP contribution in [0.15, 0.2) is 18.2 Å². The molecule has 1 N–H and O–H groups in total. The largest absolute Gasteiger partial charge is 0.465 e. The second-order valence-corrected chi connectivity index (χ2v) is 3.61. The van der Waals surface area contributed by atoms with Crippen LogP contribution in [0.3, 0.4) is 0 Å². The molecule has 1 aliphatic heterocycles. The van der Waals surface area contributed by atoms with Gasteiger partial charge in [0.2, 0.25) is 0 Å². The number of carbonyl (C=O) groups excluding carboxylic acids is 1. The molecule has 2 rings (SSSR count). The van der Waals surface area contributed by atoms with Crippen molar-refractivity contribution < 1.29 is 9.53 Å². The predicted octanol–water partition coefficient (Wildman–Crippen LogP) is 1.83. The zero-order valence-corrected chi connectivity index (χ0v) is 8.33. The Labute approximate surface area is 83.1 Å². The molecule has 0 saturated heterocycles. The minimum atomic E-state index is -0.271. The summed E-state index contributed by atoms with van der Waals surface area (Å²) in [4.78, 5) is 11.3. The molecule has 0 amide bonds. The number of nitrogens with one attached hydrogen (secondary N) is 1. The van der Waals surface area contributed by atoms with Crippen molar-refractivity contribution in [3.8, 4) is 0 Å². The average molecular weight is 191 g/mol. The van der Waals surface area contributed by atoms with Crippen molar-refractivity contribution in [1.82, 2.24) is 0 Å². The van der Waals surface area contributed by atoms with Gasteiger partial charge in [0, 0.05) is 11.7 Å². The van der Waals surface area contributed by atoms with Gasteiger partial charge in [0.15, 0.2) is 0 Å². The van der Waals surface area contributed by atoms with Crippen LogP contribution in [0.4, 0.5) is 5.69 Å². The summed E-state index contributed by atoms with van der Waals surface area (Å²) in [6.07, 6.45) is 0.972. The Balaban J connectivity index is 2.33. The topological polar surface area (TPSA) is 38.3 Å². The highest BCUT2D eigenvalue weighted by atomic mass is 16.5. The molecule has 0 saturated carbocycles. The zero-order valence-electron chi connectivity index (χ0n) is 8.33. The van der Waals surface area contributed by atoms with E-state index in [9.17, 15) is 4.79 Å². The Hall–Kier alpha value is -1.51. The van der Waals surface area contributed by atoms with Crippen molar-refractivity contribution in [3.63, 3.8) is 0 Å². The Bertz CT molecular complexity index is 374. The fourth-order valence-corrected chi connectivity index (χ4v) is 1.79. The van der Waals surface area contributed by atoms with Crippen molar-refractivity contribution in [3.05, 3.63) is 29.3 Å². The maximum atomic E-state index is 11.3. The zero-order chi connectivity index (χ0) is 10.1. The third-order valence-electron chi connectivity index (χ3n) is 2.45. The maximum Gasteiger partial charge on any atom is 0.337 e. The first-order chi connectivity index (χ1) is 6.70. The highest BCUT2D eigenvalue weighted by molar-refractivity contribution is 5.90. The standard InChI is InChI=1S/C11H13NO2/c1-7-5-9-6-8(11(13)14-2)3-4-10(9)12-7/h3-4,6-7,12H,5H2,1-2H3/t7-/m1/s1. The van der Waals surface area contributed by atoms with Gasteiger partial charge in [-0.1, -0.05) is 0 Å².